The Labute approximate surface area is 183 Å². The summed E-state index contributed by atoms with van der Waals surface area (Å²) in [5, 5.41) is 11.6. The van der Waals surface area contributed by atoms with Crippen LogP contribution in [0.3, 0.4) is 0 Å². The maximum absolute atomic E-state index is 12.6. The van der Waals surface area contributed by atoms with Gasteiger partial charge in [0.05, 0.1) is 18.4 Å². The number of aryl methyl sites for hydroxylation is 1. The predicted octanol–water partition coefficient (Wildman–Crippen LogP) is 4.88. The number of rotatable bonds is 7. The van der Waals surface area contributed by atoms with Crippen molar-refractivity contribution >= 4 is 32.9 Å². The van der Waals surface area contributed by atoms with E-state index < -0.39 is 0 Å². The number of hydrogen-bond donors (Lipinski definition) is 0. The minimum absolute atomic E-state index is 0.0154. The Morgan fingerprint density at radius 1 is 1.10 bits per heavy atom. The first-order chi connectivity index (χ1) is 15.2. The van der Waals surface area contributed by atoms with Crippen molar-refractivity contribution in [1.82, 2.24) is 24.4 Å². The summed E-state index contributed by atoms with van der Waals surface area (Å²) in [4.78, 5) is 17.3. The predicted molar refractivity (Wildman–Crippen MR) is 121 cm³/mol. The van der Waals surface area contributed by atoms with Gasteiger partial charge in [-0.1, -0.05) is 23.4 Å². The summed E-state index contributed by atoms with van der Waals surface area (Å²) < 4.78 is 5.03. The average Bonchev–Trinajstić information content (AvgIpc) is 3.17. The van der Waals surface area contributed by atoms with Crippen LogP contribution in [-0.4, -0.2) is 30.2 Å². The zero-order chi connectivity index (χ0) is 20.8. The van der Waals surface area contributed by atoms with E-state index in [2.05, 4.69) is 67.7 Å². The Morgan fingerprint density at radius 3 is 2.94 bits per heavy atom. The first-order valence-corrected chi connectivity index (χ1v) is 11.5. The second kappa shape index (κ2) is 7.42. The van der Waals surface area contributed by atoms with E-state index in [1.807, 2.05) is 6.20 Å². The van der Waals surface area contributed by atoms with E-state index in [0.29, 0.717) is 31.0 Å². The molecule has 0 bridgehead atoms. The molecule has 1 aliphatic rings. The summed E-state index contributed by atoms with van der Waals surface area (Å²) in [5.41, 5.74) is 4.80. The molecule has 0 aliphatic heterocycles. The van der Waals surface area contributed by atoms with E-state index >= 15 is 0 Å². The lowest BCUT2D eigenvalue weighted by molar-refractivity contribution is 0.0978. The van der Waals surface area contributed by atoms with Gasteiger partial charge in [0.15, 0.2) is 5.78 Å². The molecule has 6 nitrogen and oxygen atoms in total. The molecule has 6 rings (SSSR count). The van der Waals surface area contributed by atoms with Crippen LogP contribution in [0.1, 0.15) is 52.5 Å². The minimum atomic E-state index is 0.0154. The number of carbonyl (C=O) groups excluding carboxylic acids is 1. The molecule has 154 valence electrons. The largest absolute Gasteiger partial charge is 0.306 e. The Balaban J connectivity index is 1.12. The highest BCUT2D eigenvalue weighted by atomic mass is 32.1. The fourth-order valence-corrected chi connectivity index (χ4v) is 4.86. The number of carbonyl (C=O) groups is 1. The van der Waals surface area contributed by atoms with Crippen molar-refractivity contribution in [2.75, 3.05) is 0 Å². The van der Waals surface area contributed by atoms with Gasteiger partial charge in [-0.05, 0) is 65.3 Å². The summed E-state index contributed by atoms with van der Waals surface area (Å²) in [6.07, 6.45) is 9.63. The molecular formula is C24H21N5OS. The van der Waals surface area contributed by atoms with Gasteiger partial charge in [0.1, 0.15) is 11.3 Å². The lowest BCUT2D eigenvalue weighted by Crippen LogP contribution is -2.02. The summed E-state index contributed by atoms with van der Waals surface area (Å²) in [6.45, 7) is 0.496. The van der Waals surface area contributed by atoms with Crippen molar-refractivity contribution in [1.29, 1.82) is 0 Å². The van der Waals surface area contributed by atoms with Crippen molar-refractivity contribution in [2.24, 2.45) is 0 Å². The van der Waals surface area contributed by atoms with E-state index in [0.717, 1.165) is 11.3 Å². The van der Waals surface area contributed by atoms with E-state index in [1.165, 1.54) is 34.1 Å². The van der Waals surface area contributed by atoms with Crippen LogP contribution in [0.4, 0.5) is 0 Å². The highest BCUT2D eigenvalue weighted by Crippen LogP contribution is 2.39. The molecule has 0 spiro atoms. The molecule has 0 radical (unpaired) electrons. The Morgan fingerprint density at radius 2 is 2.03 bits per heavy atom. The number of ketones is 1. The van der Waals surface area contributed by atoms with Crippen LogP contribution in [0.15, 0.2) is 60.4 Å². The zero-order valence-corrected chi connectivity index (χ0v) is 17.8. The van der Waals surface area contributed by atoms with Crippen molar-refractivity contribution in [3.05, 3.63) is 82.9 Å². The van der Waals surface area contributed by atoms with Crippen LogP contribution in [-0.2, 0) is 13.0 Å². The summed E-state index contributed by atoms with van der Waals surface area (Å²) in [5.74, 6) is 0.730. The van der Waals surface area contributed by atoms with Crippen LogP contribution >= 0.6 is 11.3 Å². The number of aromatic nitrogens is 5. The van der Waals surface area contributed by atoms with Gasteiger partial charge in [0.2, 0.25) is 0 Å². The quantitative estimate of drug-likeness (QED) is 0.347. The molecule has 1 aromatic carbocycles. The smallest absolute Gasteiger partial charge is 0.185 e. The van der Waals surface area contributed by atoms with E-state index in [4.69, 9.17) is 0 Å². The molecule has 1 fully saturated rings. The normalized spacial score (nSPS) is 13.9. The zero-order valence-electron chi connectivity index (χ0n) is 16.9. The van der Waals surface area contributed by atoms with Gasteiger partial charge < -0.3 is 4.40 Å². The van der Waals surface area contributed by atoms with Crippen molar-refractivity contribution < 1.29 is 4.79 Å². The molecule has 0 N–H and O–H groups in total. The molecule has 0 amide bonds. The van der Waals surface area contributed by atoms with Gasteiger partial charge in [0.25, 0.3) is 0 Å². The van der Waals surface area contributed by atoms with Gasteiger partial charge >= 0.3 is 0 Å². The first kappa shape index (κ1) is 18.4. The monoisotopic (exact) mass is 427 g/mol. The molecule has 0 atom stereocenters. The molecule has 1 saturated carbocycles. The molecule has 31 heavy (non-hydrogen) atoms. The highest BCUT2D eigenvalue weighted by Gasteiger charge is 2.23. The van der Waals surface area contributed by atoms with Crippen LogP contribution in [0.5, 0.6) is 0 Å². The van der Waals surface area contributed by atoms with Crippen molar-refractivity contribution in [2.45, 2.75) is 38.1 Å². The van der Waals surface area contributed by atoms with E-state index in [1.54, 1.807) is 22.2 Å². The van der Waals surface area contributed by atoms with Crippen LogP contribution in [0, 0.1) is 0 Å². The average molecular weight is 428 g/mol. The maximum Gasteiger partial charge on any atom is 0.185 e. The standard InChI is InChI=1S/C24H21N5OS/c30-22(7-2-16-1-3-18-9-10-31-23(18)11-16)21-15-29(27-26-21)14-20-13-28-12-19(17-4-5-17)6-8-24(28)25-20/h1,3,6,8-13,15,17H,2,4-5,7,14H2. The number of pyridine rings is 1. The SMILES string of the molecule is O=C(CCc1ccc2ccsc2c1)c1cn(Cc2cn3cc(C4CC4)ccc3n2)nn1. The van der Waals surface area contributed by atoms with E-state index in [9.17, 15) is 4.79 Å². The second-order valence-corrected chi connectivity index (χ2v) is 9.20. The Hall–Kier alpha value is -3.32. The highest BCUT2D eigenvalue weighted by molar-refractivity contribution is 7.17. The fraction of sp³-hybridized carbons (Fsp3) is 0.250. The topological polar surface area (TPSA) is 65.1 Å². The number of imidazole rings is 1. The number of benzene rings is 1. The molecule has 4 aromatic heterocycles. The van der Waals surface area contributed by atoms with Gasteiger partial charge in [0, 0.05) is 23.5 Å². The fourth-order valence-electron chi connectivity index (χ4n) is 4.01. The third-order valence-corrected chi connectivity index (χ3v) is 6.76. The molecule has 5 aromatic rings. The summed E-state index contributed by atoms with van der Waals surface area (Å²) in [7, 11) is 0. The first-order valence-electron chi connectivity index (χ1n) is 10.6. The van der Waals surface area contributed by atoms with Crippen LogP contribution in [0.25, 0.3) is 15.7 Å². The second-order valence-electron chi connectivity index (χ2n) is 8.25. The molecule has 1 aliphatic carbocycles. The van der Waals surface area contributed by atoms with Gasteiger partial charge in [-0.3, -0.25) is 4.79 Å². The third kappa shape index (κ3) is 3.77. The molecule has 4 heterocycles. The number of Topliss-reactive ketones (excluding diaryl/α,β-unsaturated/α-hetero) is 1. The minimum Gasteiger partial charge on any atom is -0.306 e. The molecule has 7 heteroatoms. The molecule has 0 unspecified atom stereocenters. The number of nitrogens with zero attached hydrogens (tertiary/aromatic N) is 5. The number of fused-ring (bicyclic) bond motifs is 2. The van der Waals surface area contributed by atoms with Crippen LogP contribution < -0.4 is 0 Å². The van der Waals surface area contributed by atoms with Crippen molar-refractivity contribution in [3.8, 4) is 0 Å². The lowest BCUT2D eigenvalue weighted by atomic mass is 10.1. The molecular weight excluding hydrogens is 406 g/mol. The molecule has 0 saturated heterocycles. The van der Waals surface area contributed by atoms with Crippen molar-refractivity contribution in [3.63, 3.8) is 0 Å². The van der Waals surface area contributed by atoms with Gasteiger partial charge in [-0.25, -0.2) is 9.67 Å². The van der Waals surface area contributed by atoms with Crippen LogP contribution in [0.2, 0.25) is 0 Å². The van der Waals surface area contributed by atoms with Gasteiger partial charge in [-0.2, -0.15) is 0 Å². The maximum atomic E-state index is 12.6. The van der Waals surface area contributed by atoms with Gasteiger partial charge in [-0.15, -0.1) is 16.4 Å². The Kier molecular flexibility index (Phi) is 4.42. The Bertz CT molecular complexity index is 1410. The number of thiophene rings is 1. The number of hydrogen-bond acceptors (Lipinski definition) is 5. The lowest BCUT2D eigenvalue weighted by Gasteiger charge is -2.00. The van der Waals surface area contributed by atoms with E-state index in [-0.39, 0.29) is 5.78 Å². The summed E-state index contributed by atoms with van der Waals surface area (Å²) >= 11 is 1.72. The third-order valence-electron chi connectivity index (χ3n) is 5.88. The summed E-state index contributed by atoms with van der Waals surface area (Å²) in [6, 6.07) is 12.7.